The van der Waals surface area contributed by atoms with Crippen LogP contribution in [0.4, 0.5) is 30.2 Å². The van der Waals surface area contributed by atoms with Gasteiger partial charge >= 0.3 is 11.9 Å². The monoisotopic (exact) mass is 479 g/mol. The van der Waals surface area contributed by atoms with E-state index in [9.17, 15) is 38.2 Å². The van der Waals surface area contributed by atoms with Crippen LogP contribution in [-0.2, 0) is 17.5 Å². The lowest BCUT2D eigenvalue weighted by Crippen LogP contribution is -2.20. The number of halogens is 3. The summed E-state index contributed by atoms with van der Waals surface area (Å²) in [5.41, 5.74) is -1.51. The lowest BCUT2D eigenvalue weighted by atomic mass is 10.2. The smallest absolute Gasteiger partial charge is 0.416 e. The topological polar surface area (TPSA) is 142 Å². The second-order valence-electron chi connectivity index (χ2n) is 7.08. The predicted octanol–water partition coefficient (Wildman–Crippen LogP) is 4.77. The van der Waals surface area contributed by atoms with Gasteiger partial charge in [0, 0.05) is 12.1 Å². The second kappa shape index (κ2) is 9.17. The third kappa shape index (κ3) is 5.46. The molecule has 0 radical (unpaired) electrons. The fourth-order valence-corrected chi connectivity index (χ4v) is 3.13. The quantitative estimate of drug-likeness (QED) is 0.380. The van der Waals surface area contributed by atoms with Crippen LogP contribution in [0.5, 0.6) is 11.5 Å². The van der Waals surface area contributed by atoms with Crippen molar-refractivity contribution in [1.82, 2.24) is 9.78 Å². The summed E-state index contributed by atoms with van der Waals surface area (Å²) in [5.74, 6) is -1.11. The Bertz CT molecular complexity index is 1290. The molecule has 1 aromatic heterocycles. The highest BCUT2D eigenvalue weighted by Gasteiger charge is 2.30. The van der Waals surface area contributed by atoms with E-state index in [0.29, 0.717) is 0 Å². The summed E-state index contributed by atoms with van der Waals surface area (Å²) in [5, 5.41) is 28.7. The van der Waals surface area contributed by atoms with Gasteiger partial charge in [0.2, 0.25) is 5.91 Å². The minimum Gasteiger partial charge on any atom is -0.457 e. The minimum atomic E-state index is -4.61. The molecule has 0 saturated carbocycles. The number of anilines is 1. The Morgan fingerprint density at radius 1 is 1.09 bits per heavy atom. The highest BCUT2D eigenvalue weighted by atomic mass is 19.4. The van der Waals surface area contributed by atoms with E-state index >= 15 is 0 Å². The van der Waals surface area contributed by atoms with Crippen LogP contribution in [0.2, 0.25) is 0 Å². The Morgan fingerprint density at radius 3 is 2.38 bits per heavy atom. The molecule has 2 aromatic carbocycles. The lowest BCUT2D eigenvalue weighted by Gasteiger charge is -2.12. The summed E-state index contributed by atoms with van der Waals surface area (Å²) < 4.78 is 45.2. The normalized spacial score (nSPS) is 11.2. The molecule has 0 aliphatic heterocycles. The maximum atomic E-state index is 12.9. The summed E-state index contributed by atoms with van der Waals surface area (Å²) in [6.07, 6.45) is -4.61. The molecule has 0 fully saturated rings. The number of nitrogens with one attached hydrogen (secondary N) is 1. The zero-order valence-electron chi connectivity index (χ0n) is 17.6. The SMILES string of the molecule is Cc1nn(CC(=O)Nc2cc(Oc3cccc(C(F)(F)F)c3)cc([N+](=O)[O-])c2)c(C)c1[N+](=O)[O-]. The maximum Gasteiger partial charge on any atom is 0.416 e. The number of benzene rings is 2. The van der Waals surface area contributed by atoms with Gasteiger partial charge in [0.15, 0.2) is 0 Å². The minimum absolute atomic E-state index is 0.0720. The van der Waals surface area contributed by atoms with Crippen molar-refractivity contribution < 1.29 is 32.5 Å². The Kier molecular flexibility index (Phi) is 6.51. The van der Waals surface area contributed by atoms with Crippen molar-refractivity contribution in [3.63, 3.8) is 0 Å². The summed E-state index contributed by atoms with van der Waals surface area (Å²) in [4.78, 5) is 33.5. The van der Waals surface area contributed by atoms with E-state index in [1.165, 1.54) is 26.0 Å². The first-order valence-electron chi connectivity index (χ1n) is 9.48. The molecule has 0 aliphatic rings. The zero-order chi connectivity index (χ0) is 25.2. The van der Waals surface area contributed by atoms with Crippen molar-refractivity contribution in [3.8, 4) is 11.5 Å². The van der Waals surface area contributed by atoms with E-state index in [1.54, 1.807) is 0 Å². The first-order chi connectivity index (χ1) is 15.8. The number of carbonyl (C=O) groups is 1. The summed E-state index contributed by atoms with van der Waals surface area (Å²) >= 11 is 0. The number of rotatable bonds is 7. The summed E-state index contributed by atoms with van der Waals surface area (Å²) in [6.45, 7) is 2.41. The van der Waals surface area contributed by atoms with Crippen molar-refractivity contribution >= 4 is 23.0 Å². The number of aryl methyl sites for hydroxylation is 1. The molecule has 1 heterocycles. The average Bonchev–Trinajstić information content (AvgIpc) is 3.00. The first kappa shape index (κ1) is 24.2. The lowest BCUT2D eigenvalue weighted by molar-refractivity contribution is -0.386. The fraction of sp³-hybridized carbons (Fsp3) is 0.200. The molecule has 1 amide bonds. The van der Waals surface area contributed by atoms with Crippen LogP contribution in [0.1, 0.15) is 17.0 Å². The third-order valence-corrected chi connectivity index (χ3v) is 4.60. The maximum absolute atomic E-state index is 12.9. The fourth-order valence-electron chi connectivity index (χ4n) is 3.13. The molecule has 3 rings (SSSR count). The van der Waals surface area contributed by atoms with Gasteiger partial charge in [-0.15, -0.1) is 0 Å². The average molecular weight is 479 g/mol. The van der Waals surface area contributed by atoms with Crippen LogP contribution >= 0.6 is 0 Å². The summed E-state index contributed by atoms with van der Waals surface area (Å²) in [6, 6.07) is 7.13. The number of hydrogen-bond donors (Lipinski definition) is 1. The van der Waals surface area contributed by atoms with Gasteiger partial charge in [0.25, 0.3) is 5.69 Å². The van der Waals surface area contributed by atoms with Gasteiger partial charge in [-0.3, -0.25) is 29.7 Å². The number of nitro benzene ring substituents is 1. The number of aromatic nitrogens is 2. The molecule has 178 valence electrons. The molecule has 0 bridgehead atoms. The molecule has 1 N–H and O–H groups in total. The van der Waals surface area contributed by atoms with Crippen molar-refractivity contribution in [1.29, 1.82) is 0 Å². The van der Waals surface area contributed by atoms with E-state index in [4.69, 9.17) is 4.74 Å². The Morgan fingerprint density at radius 2 is 1.79 bits per heavy atom. The van der Waals surface area contributed by atoms with Crippen molar-refractivity contribution in [2.75, 3.05) is 5.32 Å². The van der Waals surface area contributed by atoms with Gasteiger partial charge in [0.1, 0.15) is 29.4 Å². The van der Waals surface area contributed by atoms with E-state index < -0.39 is 39.7 Å². The van der Waals surface area contributed by atoms with Crippen LogP contribution in [0.3, 0.4) is 0 Å². The van der Waals surface area contributed by atoms with Crippen LogP contribution in [0.25, 0.3) is 0 Å². The molecule has 0 aliphatic carbocycles. The number of nitro groups is 2. The highest BCUT2D eigenvalue weighted by Crippen LogP contribution is 2.34. The van der Waals surface area contributed by atoms with Gasteiger partial charge < -0.3 is 10.1 Å². The molecule has 34 heavy (non-hydrogen) atoms. The van der Waals surface area contributed by atoms with Gasteiger partial charge in [0.05, 0.1) is 27.2 Å². The van der Waals surface area contributed by atoms with Crippen LogP contribution in [0.15, 0.2) is 42.5 Å². The second-order valence-corrected chi connectivity index (χ2v) is 7.08. The van der Waals surface area contributed by atoms with Crippen molar-refractivity contribution in [2.45, 2.75) is 26.6 Å². The highest BCUT2D eigenvalue weighted by molar-refractivity contribution is 5.91. The predicted molar refractivity (Wildman–Crippen MR) is 112 cm³/mol. The van der Waals surface area contributed by atoms with Gasteiger partial charge in [-0.2, -0.15) is 18.3 Å². The van der Waals surface area contributed by atoms with Crippen LogP contribution in [-0.4, -0.2) is 25.5 Å². The standard InChI is InChI=1S/C20H16F3N5O6/c1-11-19(28(32)33)12(2)26(25-11)10-18(29)24-14-7-15(27(30)31)9-17(8-14)34-16-5-3-4-13(6-16)20(21,22)23/h3-9H,10H2,1-2H3,(H,24,29). The molecule has 0 saturated heterocycles. The van der Waals surface area contributed by atoms with E-state index in [1.807, 2.05) is 0 Å². The molecule has 0 spiro atoms. The molecule has 14 heteroatoms. The molecule has 3 aromatic rings. The number of carbonyl (C=O) groups excluding carboxylic acids is 1. The molecular weight excluding hydrogens is 463 g/mol. The third-order valence-electron chi connectivity index (χ3n) is 4.60. The number of alkyl halides is 3. The van der Waals surface area contributed by atoms with Crippen LogP contribution in [0, 0.1) is 34.1 Å². The molecule has 0 atom stereocenters. The van der Waals surface area contributed by atoms with Crippen molar-refractivity contribution in [2.24, 2.45) is 0 Å². The van der Waals surface area contributed by atoms with E-state index in [0.717, 1.165) is 35.0 Å². The Balaban J connectivity index is 1.84. The van der Waals surface area contributed by atoms with Crippen molar-refractivity contribution in [3.05, 3.63) is 79.6 Å². The zero-order valence-corrected chi connectivity index (χ0v) is 17.6. The Labute approximate surface area is 189 Å². The molecule has 11 nitrogen and oxygen atoms in total. The summed E-state index contributed by atoms with van der Waals surface area (Å²) in [7, 11) is 0. The number of hydrogen-bond acceptors (Lipinski definition) is 7. The van der Waals surface area contributed by atoms with Gasteiger partial charge in [-0.1, -0.05) is 6.07 Å². The number of amides is 1. The van der Waals surface area contributed by atoms with Gasteiger partial charge in [-0.05, 0) is 32.0 Å². The number of nitrogens with zero attached hydrogens (tertiary/aromatic N) is 4. The van der Waals surface area contributed by atoms with Gasteiger partial charge in [-0.25, -0.2) is 0 Å². The number of non-ortho nitro benzene ring substituents is 1. The van der Waals surface area contributed by atoms with E-state index in [-0.39, 0.29) is 34.3 Å². The Hall–Kier alpha value is -4.49. The molecular formula is C20H16F3N5O6. The van der Waals surface area contributed by atoms with Crippen LogP contribution < -0.4 is 10.1 Å². The van der Waals surface area contributed by atoms with E-state index in [2.05, 4.69) is 10.4 Å². The number of ether oxygens (including phenoxy) is 1. The largest absolute Gasteiger partial charge is 0.457 e. The molecule has 0 unspecified atom stereocenters. The first-order valence-corrected chi connectivity index (χ1v) is 9.48.